The van der Waals surface area contributed by atoms with Crippen molar-refractivity contribution >= 4 is 78.5 Å². The van der Waals surface area contributed by atoms with Gasteiger partial charge in [0.05, 0.1) is 32.5 Å². The molecule has 3 aliphatic heterocycles. The number of fused-ring (bicyclic) bond motifs is 2. The summed E-state index contributed by atoms with van der Waals surface area (Å²) in [4.78, 5) is 53.2. The molecule has 5 heterocycles. The lowest BCUT2D eigenvalue weighted by Gasteiger charge is -2.39. The van der Waals surface area contributed by atoms with Crippen LogP contribution in [0, 0.1) is 15.5 Å². The number of carbonyl (C=O) groups excluding carboxylic acids is 2. The topological polar surface area (TPSA) is 183 Å². The van der Waals surface area contributed by atoms with Crippen molar-refractivity contribution in [3.63, 3.8) is 0 Å². The van der Waals surface area contributed by atoms with E-state index in [1.807, 2.05) is 24.3 Å². The van der Waals surface area contributed by atoms with E-state index in [4.69, 9.17) is 21.3 Å². The molecule has 3 aromatic carbocycles. The van der Waals surface area contributed by atoms with Gasteiger partial charge in [0.25, 0.3) is 21.6 Å². The number of nitro benzene ring substituents is 1. The van der Waals surface area contributed by atoms with Gasteiger partial charge < -0.3 is 19.9 Å². The van der Waals surface area contributed by atoms with Crippen molar-refractivity contribution in [2.24, 2.45) is 5.41 Å². The summed E-state index contributed by atoms with van der Waals surface area (Å²) in [5, 5.41) is 16.4. The number of carbonyl (C=O) groups is 2. The highest BCUT2D eigenvalue weighted by Gasteiger charge is 2.36. The molecule has 0 bridgehead atoms. The van der Waals surface area contributed by atoms with Gasteiger partial charge in [-0.25, -0.2) is 22.5 Å². The number of sulfonamides is 1. The Kier molecular flexibility index (Phi) is 12.4. The predicted octanol–water partition coefficient (Wildman–Crippen LogP) is 8.57. The molecule has 9 rings (SSSR count). The zero-order valence-electron chi connectivity index (χ0n) is 36.9. The number of aromatic amines is 1. The first-order valence-corrected chi connectivity index (χ1v) is 24.2. The number of nitro groups is 1. The highest BCUT2D eigenvalue weighted by Crippen LogP contribution is 2.44. The van der Waals surface area contributed by atoms with Crippen LogP contribution in [0.4, 0.5) is 32.8 Å². The summed E-state index contributed by atoms with van der Waals surface area (Å²) in [5.41, 5.74) is 4.47. The minimum absolute atomic E-state index is 0.0716. The molecule has 2 saturated heterocycles. The molecule has 0 atom stereocenters. The minimum atomic E-state index is -4.72. The number of rotatable bonds is 12. The number of hydrogen-bond donors (Lipinski definition) is 3. The van der Waals surface area contributed by atoms with Crippen molar-refractivity contribution in [3.05, 3.63) is 117 Å². The average Bonchev–Trinajstić information content (AvgIpc) is 3.76. The van der Waals surface area contributed by atoms with Gasteiger partial charge in [-0.2, -0.15) is 0 Å². The lowest BCUT2D eigenvalue weighted by Crippen LogP contribution is -2.47. The molecular formula is C48H52ClFN8O7S. The van der Waals surface area contributed by atoms with Crippen LogP contribution in [0.15, 0.2) is 89.5 Å². The molecule has 2 aromatic heterocycles. The Morgan fingerprint density at radius 1 is 0.955 bits per heavy atom. The van der Waals surface area contributed by atoms with E-state index in [1.54, 1.807) is 18.3 Å². The number of piperazine rings is 1. The number of anilines is 4. The fraction of sp³-hybridized carbons (Fsp3) is 0.396. The summed E-state index contributed by atoms with van der Waals surface area (Å²) in [6, 6.07) is 19.9. The van der Waals surface area contributed by atoms with Gasteiger partial charge in [0.2, 0.25) is 5.91 Å². The number of alkyl halides is 1. The summed E-state index contributed by atoms with van der Waals surface area (Å²) in [7, 11) is -4.72. The lowest BCUT2D eigenvalue weighted by molar-refractivity contribution is -0.384. The maximum absolute atomic E-state index is 15.3. The number of allylic oxidation sites excluding steroid dienone is 1. The molecule has 2 amide bonds. The number of nitrogens with one attached hydrogen (secondary N) is 3. The number of aromatic nitrogens is 2. The Bertz CT molecular complexity index is 2850. The molecule has 66 heavy (non-hydrogen) atoms. The molecule has 1 aliphatic carbocycles. The number of pyridine rings is 1. The summed E-state index contributed by atoms with van der Waals surface area (Å²) < 4.78 is 50.4. The van der Waals surface area contributed by atoms with Crippen LogP contribution < -0.4 is 19.8 Å². The van der Waals surface area contributed by atoms with Gasteiger partial charge in [-0.15, -0.1) is 0 Å². The third kappa shape index (κ3) is 9.52. The van der Waals surface area contributed by atoms with Crippen LogP contribution in [-0.4, -0.2) is 98.2 Å². The molecule has 5 aromatic rings. The van der Waals surface area contributed by atoms with Crippen LogP contribution in [0.3, 0.4) is 0 Å². The van der Waals surface area contributed by atoms with Crippen molar-refractivity contribution in [2.45, 2.75) is 69.4 Å². The van der Waals surface area contributed by atoms with Crippen LogP contribution in [0.25, 0.3) is 16.6 Å². The second kappa shape index (κ2) is 18.1. The second-order valence-corrected chi connectivity index (χ2v) is 20.6. The number of halogens is 2. The third-order valence-corrected chi connectivity index (χ3v) is 14.9. The minimum Gasteiger partial charge on any atom is -0.381 e. The van der Waals surface area contributed by atoms with Crippen LogP contribution in [0.1, 0.15) is 74.0 Å². The van der Waals surface area contributed by atoms with Crippen molar-refractivity contribution in [2.75, 3.05) is 67.6 Å². The fourth-order valence-corrected chi connectivity index (χ4v) is 10.6. The summed E-state index contributed by atoms with van der Waals surface area (Å²) >= 11 is 6.25. The van der Waals surface area contributed by atoms with Crippen LogP contribution in [0.5, 0.6) is 0 Å². The predicted molar refractivity (Wildman–Crippen MR) is 253 cm³/mol. The quantitative estimate of drug-likeness (QED) is 0.0805. The first-order valence-electron chi connectivity index (χ1n) is 22.3. The monoisotopic (exact) mass is 938 g/mol. The van der Waals surface area contributed by atoms with Gasteiger partial charge in [0.15, 0.2) is 0 Å². The molecular weight excluding hydrogens is 887 g/mol. The maximum Gasteiger partial charge on any atom is 0.293 e. The molecule has 18 heteroatoms. The first-order chi connectivity index (χ1) is 31.5. The molecule has 0 radical (unpaired) electrons. The van der Waals surface area contributed by atoms with Crippen molar-refractivity contribution in [1.29, 1.82) is 0 Å². The Labute approximate surface area is 387 Å². The van der Waals surface area contributed by atoms with Crippen molar-refractivity contribution in [1.82, 2.24) is 19.6 Å². The van der Waals surface area contributed by atoms with E-state index in [1.165, 1.54) is 33.7 Å². The van der Waals surface area contributed by atoms with Gasteiger partial charge in [-0.1, -0.05) is 43.2 Å². The first kappa shape index (κ1) is 45.3. The van der Waals surface area contributed by atoms with Crippen LogP contribution in [-0.2, 0) is 26.0 Å². The number of amides is 2. The van der Waals surface area contributed by atoms with Gasteiger partial charge in [0.1, 0.15) is 17.0 Å². The summed E-state index contributed by atoms with van der Waals surface area (Å²) in [6.45, 7) is 8.54. The Hall–Kier alpha value is -5.88. The highest BCUT2D eigenvalue weighted by molar-refractivity contribution is 7.90. The highest BCUT2D eigenvalue weighted by atomic mass is 35.5. The number of ether oxygens (including phenoxy) is 1. The van der Waals surface area contributed by atoms with Crippen LogP contribution in [0.2, 0.25) is 5.02 Å². The molecule has 0 spiro atoms. The Morgan fingerprint density at radius 2 is 1.71 bits per heavy atom. The molecule has 0 saturated carbocycles. The number of benzene rings is 3. The van der Waals surface area contributed by atoms with Gasteiger partial charge in [-0.3, -0.25) is 29.5 Å². The van der Waals surface area contributed by atoms with Crippen molar-refractivity contribution < 1.29 is 32.1 Å². The van der Waals surface area contributed by atoms with E-state index in [9.17, 15) is 28.1 Å². The molecule has 0 unspecified atom stereocenters. The van der Waals surface area contributed by atoms with E-state index in [0.29, 0.717) is 41.6 Å². The van der Waals surface area contributed by atoms with E-state index >= 15 is 4.39 Å². The van der Waals surface area contributed by atoms with E-state index in [-0.39, 0.29) is 67.3 Å². The lowest BCUT2D eigenvalue weighted by atomic mass is 9.72. The van der Waals surface area contributed by atoms with Crippen LogP contribution >= 0.6 is 11.6 Å². The van der Waals surface area contributed by atoms with E-state index < -0.39 is 37.1 Å². The Morgan fingerprint density at radius 3 is 2.45 bits per heavy atom. The molecule has 2 fully saturated rings. The number of nitrogens with zero attached hydrogens (tertiary/aromatic N) is 5. The van der Waals surface area contributed by atoms with Gasteiger partial charge >= 0.3 is 0 Å². The largest absolute Gasteiger partial charge is 0.381 e. The number of H-pyrrole nitrogens is 1. The SMILES string of the molecule is CC1(C)CCC(CN2CCN(c3ccc(C(=O)NS(=O)(=O)c4ccc(NCC5(F)CCOCC5)c([N+](=O)[O-])c4)c(N4C(=O)CCc5nc6[nH]ccc6cc54)c3)CC2)=C(c2ccc(Cl)cc2)C1. The van der Waals surface area contributed by atoms with Gasteiger partial charge in [0, 0.05) is 107 Å². The fourth-order valence-electron chi connectivity index (χ4n) is 9.50. The second-order valence-electron chi connectivity index (χ2n) is 18.5. The van der Waals surface area contributed by atoms with Crippen molar-refractivity contribution in [3.8, 4) is 0 Å². The third-order valence-electron chi connectivity index (χ3n) is 13.3. The smallest absolute Gasteiger partial charge is 0.293 e. The van der Waals surface area contributed by atoms with Gasteiger partial charge in [-0.05, 0) is 90.4 Å². The Balaban J connectivity index is 0.992. The number of aryl methyl sites for hydroxylation is 1. The molecule has 15 nitrogen and oxygen atoms in total. The summed E-state index contributed by atoms with van der Waals surface area (Å²) in [6.07, 6.45) is 5.54. The molecule has 4 aliphatic rings. The standard InChI is InChI=1S/C48H52ClFN8O7S/c1-47(2)15-13-33(38(28-47)31-3-5-34(49)6-4-31)29-55-19-21-56(22-20-55)35-7-9-37(41(26-35)57-42-25-32-14-18-51-45(32)53-40(42)11-12-44(57)59)46(60)54-66(63,64)36-8-10-39(43(27-36)58(61)62)52-30-48(50)16-23-65-24-17-48/h3-10,14,18,25-27,52H,11-13,15-17,19-24,28-30H2,1-2H3,(H,51,53)(H,54,60). The zero-order valence-corrected chi connectivity index (χ0v) is 38.4. The molecule has 346 valence electrons. The normalized spacial score (nSPS) is 18.9. The summed E-state index contributed by atoms with van der Waals surface area (Å²) in [5.74, 6) is -1.34. The zero-order chi connectivity index (χ0) is 46.4. The molecule has 3 N–H and O–H groups in total. The average molecular weight is 940 g/mol. The van der Waals surface area contributed by atoms with E-state index in [0.717, 1.165) is 62.1 Å². The maximum atomic E-state index is 15.3. The van der Waals surface area contributed by atoms with E-state index in [2.05, 4.69) is 50.8 Å². The number of hydrogen-bond acceptors (Lipinski definition) is 11.